The molecule has 0 aliphatic heterocycles. The first-order chi connectivity index (χ1) is 23.7. The number of fused-ring (bicyclic) bond motifs is 6. The third kappa shape index (κ3) is 4.07. The highest BCUT2D eigenvalue weighted by molar-refractivity contribution is 6.11. The number of hydrogen-bond acceptors (Lipinski definition) is 2. The van der Waals surface area contributed by atoms with E-state index in [0.29, 0.717) is 11.1 Å². The van der Waals surface area contributed by atoms with Crippen LogP contribution in [0.1, 0.15) is 11.1 Å². The fourth-order valence-corrected chi connectivity index (χ4v) is 7.36. The molecular formula is C44H26N4. The summed E-state index contributed by atoms with van der Waals surface area (Å²) in [6.45, 7) is 0. The van der Waals surface area contributed by atoms with Crippen molar-refractivity contribution in [2.24, 2.45) is 0 Å². The number of nitriles is 2. The molecule has 48 heavy (non-hydrogen) atoms. The van der Waals surface area contributed by atoms with E-state index < -0.39 is 0 Å². The lowest BCUT2D eigenvalue weighted by Gasteiger charge is -2.18. The van der Waals surface area contributed by atoms with Gasteiger partial charge < -0.3 is 9.13 Å². The third-order valence-corrected chi connectivity index (χ3v) is 9.39. The first-order valence-electron chi connectivity index (χ1n) is 15.9. The molecule has 0 saturated heterocycles. The Morgan fingerprint density at radius 1 is 0.417 bits per heavy atom. The monoisotopic (exact) mass is 610 g/mol. The first-order valence-corrected chi connectivity index (χ1v) is 15.9. The van der Waals surface area contributed by atoms with Crippen molar-refractivity contribution in [2.45, 2.75) is 0 Å². The van der Waals surface area contributed by atoms with Crippen molar-refractivity contribution in [2.75, 3.05) is 0 Å². The minimum atomic E-state index is 0.600. The minimum Gasteiger partial charge on any atom is -0.309 e. The van der Waals surface area contributed by atoms with Gasteiger partial charge in [-0.1, -0.05) is 103 Å². The normalized spacial score (nSPS) is 11.3. The SMILES string of the molecule is N#Cc1ccc(-c2cccc(-n3c4ccccc4c4cccc(C#N)c43)c2)c(-c2ccccc2-n2c3ccccc3c3ccccc32)c1. The van der Waals surface area contributed by atoms with E-state index in [9.17, 15) is 10.5 Å². The van der Waals surface area contributed by atoms with E-state index >= 15 is 0 Å². The van der Waals surface area contributed by atoms with Gasteiger partial charge in [-0.05, 0) is 71.3 Å². The Hall–Kier alpha value is -6.88. The number of benzene rings is 7. The van der Waals surface area contributed by atoms with Crippen molar-refractivity contribution in [3.05, 3.63) is 169 Å². The zero-order chi connectivity index (χ0) is 32.2. The maximum Gasteiger partial charge on any atom is 0.101 e. The van der Waals surface area contributed by atoms with Crippen molar-refractivity contribution in [1.82, 2.24) is 9.13 Å². The average molecular weight is 611 g/mol. The van der Waals surface area contributed by atoms with Gasteiger partial charge >= 0.3 is 0 Å². The molecular weight excluding hydrogens is 585 g/mol. The van der Waals surface area contributed by atoms with E-state index in [0.717, 1.165) is 66.5 Å². The Morgan fingerprint density at radius 3 is 1.73 bits per heavy atom. The first kappa shape index (κ1) is 27.4. The van der Waals surface area contributed by atoms with E-state index in [1.165, 1.54) is 10.8 Å². The summed E-state index contributed by atoms with van der Waals surface area (Å²) in [5.41, 5.74) is 11.5. The zero-order valence-corrected chi connectivity index (χ0v) is 25.8. The van der Waals surface area contributed by atoms with Gasteiger partial charge in [0.15, 0.2) is 0 Å². The maximum atomic E-state index is 10.1. The van der Waals surface area contributed by atoms with Crippen molar-refractivity contribution in [3.8, 4) is 45.8 Å². The number of para-hydroxylation sites is 5. The van der Waals surface area contributed by atoms with Crippen LogP contribution in [0.4, 0.5) is 0 Å². The molecule has 4 nitrogen and oxygen atoms in total. The van der Waals surface area contributed by atoms with Crippen LogP contribution in [-0.2, 0) is 0 Å². The molecule has 7 aromatic carbocycles. The van der Waals surface area contributed by atoms with Gasteiger partial charge in [0.1, 0.15) is 6.07 Å². The van der Waals surface area contributed by atoms with Crippen LogP contribution in [0.15, 0.2) is 158 Å². The predicted molar refractivity (Wildman–Crippen MR) is 195 cm³/mol. The van der Waals surface area contributed by atoms with Gasteiger partial charge in [0.2, 0.25) is 0 Å². The highest BCUT2D eigenvalue weighted by Gasteiger charge is 2.19. The predicted octanol–water partition coefficient (Wildman–Crippen LogP) is 11.0. The standard InChI is InChI=1S/C44H26N4/c45-27-29-23-24-33(30-11-9-13-32(26-30)47-40-19-5-3-16-36(40)38-18-10-12-31(28-46)44(38)47)39(25-29)37-17-4-8-22-43(37)48-41-20-6-1-14-34(41)35-15-2-7-21-42(35)48/h1-26H. The summed E-state index contributed by atoms with van der Waals surface area (Å²) < 4.78 is 4.53. The van der Waals surface area contributed by atoms with Crippen molar-refractivity contribution < 1.29 is 0 Å². The molecule has 9 aromatic rings. The fraction of sp³-hybridized carbons (Fsp3) is 0. The Bertz CT molecular complexity index is 2760. The lowest BCUT2D eigenvalue weighted by atomic mass is 9.91. The molecule has 0 atom stereocenters. The average Bonchev–Trinajstić information content (AvgIpc) is 3.68. The molecule has 0 N–H and O–H groups in total. The second-order valence-corrected chi connectivity index (χ2v) is 12.0. The van der Waals surface area contributed by atoms with Crippen LogP contribution in [0.3, 0.4) is 0 Å². The lowest BCUT2D eigenvalue weighted by Crippen LogP contribution is -1.99. The summed E-state index contributed by atoms with van der Waals surface area (Å²) in [4.78, 5) is 0. The zero-order valence-electron chi connectivity index (χ0n) is 25.8. The van der Waals surface area contributed by atoms with Gasteiger partial charge in [0.25, 0.3) is 0 Å². The molecule has 2 heterocycles. The molecule has 0 aliphatic carbocycles. The van der Waals surface area contributed by atoms with Crippen LogP contribution < -0.4 is 0 Å². The molecule has 0 unspecified atom stereocenters. The molecule has 2 aromatic heterocycles. The quantitative estimate of drug-likeness (QED) is 0.199. The van der Waals surface area contributed by atoms with Crippen molar-refractivity contribution in [1.29, 1.82) is 10.5 Å². The molecule has 0 radical (unpaired) electrons. The van der Waals surface area contributed by atoms with Gasteiger partial charge in [0, 0.05) is 32.8 Å². The molecule has 0 saturated carbocycles. The van der Waals surface area contributed by atoms with Gasteiger partial charge in [0.05, 0.1) is 45.0 Å². The Balaban J connectivity index is 1.30. The van der Waals surface area contributed by atoms with Crippen LogP contribution >= 0.6 is 0 Å². The third-order valence-electron chi connectivity index (χ3n) is 9.39. The lowest BCUT2D eigenvalue weighted by molar-refractivity contribution is 1.17. The van der Waals surface area contributed by atoms with Crippen LogP contribution in [-0.4, -0.2) is 9.13 Å². The number of nitrogens with zero attached hydrogens (tertiary/aromatic N) is 4. The van der Waals surface area contributed by atoms with Crippen LogP contribution in [0, 0.1) is 22.7 Å². The van der Waals surface area contributed by atoms with E-state index in [-0.39, 0.29) is 0 Å². The summed E-state index contributed by atoms with van der Waals surface area (Å²) in [5, 5.41) is 24.7. The Morgan fingerprint density at radius 2 is 1.02 bits per heavy atom. The van der Waals surface area contributed by atoms with Crippen LogP contribution in [0.25, 0.3) is 77.2 Å². The highest BCUT2D eigenvalue weighted by atomic mass is 15.0. The second kappa shape index (κ2) is 10.9. The number of aromatic nitrogens is 2. The summed E-state index contributed by atoms with van der Waals surface area (Å²) in [5.74, 6) is 0. The molecule has 222 valence electrons. The van der Waals surface area contributed by atoms with Gasteiger partial charge in [-0.3, -0.25) is 0 Å². The molecule has 4 heteroatoms. The molecule has 9 rings (SSSR count). The van der Waals surface area contributed by atoms with E-state index in [2.05, 4.69) is 143 Å². The maximum absolute atomic E-state index is 10.1. The van der Waals surface area contributed by atoms with Crippen molar-refractivity contribution in [3.63, 3.8) is 0 Å². The summed E-state index contributed by atoms with van der Waals surface area (Å²) in [6.07, 6.45) is 0. The van der Waals surface area contributed by atoms with Gasteiger partial charge in [-0.15, -0.1) is 0 Å². The van der Waals surface area contributed by atoms with Gasteiger partial charge in [-0.25, -0.2) is 0 Å². The van der Waals surface area contributed by atoms with Gasteiger partial charge in [-0.2, -0.15) is 10.5 Å². The summed E-state index contributed by atoms with van der Waals surface area (Å²) in [7, 11) is 0. The smallest absolute Gasteiger partial charge is 0.101 e. The fourth-order valence-electron chi connectivity index (χ4n) is 7.36. The van der Waals surface area contributed by atoms with Crippen molar-refractivity contribution >= 4 is 43.6 Å². The Labute approximate surface area is 277 Å². The number of rotatable bonds is 4. The molecule has 0 spiro atoms. The molecule has 0 fully saturated rings. The van der Waals surface area contributed by atoms with E-state index in [4.69, 9.17) is 0 Å². The van der Waals surface area contributed by atoms with Crippen LogP contribution in [0.5, 0.6) is 0 Å². The minimum absolute atomic E-state index is 0.600. The van der Waals surface area contributed by atoms with E-state index in [1.54, 1.807) is 0 Å². The summed E-state index contributed by atoms with van der Waals surface area (Å²) in [6, 6.07) is 58.9. The topological polar surface area (TPSA) is 57.4 Å². The molecule has 0 bridgehead atoms. The van der Waals surface area contributed by atoms with E-state index in [1.807, 2.05) is 36.4 Å². The summed E-state index contributed by atoms with van der Waals surface area (Å²) >= 11 is 0. The number of hydrogen-bond donors (Lipinski definition) is 0. The van der Waals surface area contributed by atoms with Crippen LogP contribution in [0.2, 0.25) is 0 Å². The second-order valence-electron chi connectivity index (χ2n) is 12.0. The Kier molecular flexibility index (Phi) is 6.22. The molecule has 0 aliphatic rings. The molecule has 0 amide bonds. The highest BCUT2D eigenvalue weighted by Crippen LogP contribution is 2.41. The largest absolute Gasteiger partial charge is 0.309 e.